The van der Waals surface area contributed by atoms with Gasteiger partial charge in [0.1, 0.15) is 0 Å². The molecule has 1 aromatic rings. The summed E-state index contributed by atoms with van der Waals surface area (Å²) >= 11 is 0. The van der Waals surface area contributed by atoms with Crippen molar-refractivity contribution in [3.05, 3.63) is 35.4 Å². The number of aryl methyl sites for hydroxylation is 1. The van der Waals surface area contributed by atoms with Gasteiger partial charge in [-0.15, -0.1) is 0 Å². The maximum Gasteiger partial charge on any atom is 0.0163 e. The van der Waals surface area contributed by atoms with Gasteiger partial charge in [-0.1, -0.05) is 45.0 Å². The second-order valence-electron chi connectivity index (χ2n) is 6.71. The first-order valence-electron chi connectivity index (χ1n) is 8.59. The third-order valence-corrected chi connectivity index (χ3v) is 6.21. The predicted octanol–water partition coefficient (Wildman–Crippen LogP) is 4.52. The molecule has 1 saturated carbocycles. The van der Waals surface area contributed by atoms with Crippen molar-refractivity contribution in [2.45, 2.75) is 64.8 Å². The van der Waals surface area contributed by atoms with E-state index < -0.39 is 0 Å². The van der Waals surface area contributed by atoms with E-state index in [2.05, 4.69) is 50.4 Å². The Kier molecular flexibility index (Phi) is 3.90. The molecule has 3 atom stereocenters. The standard InChI is InChI=1S/C19H29N/c1-4-19(5-2)17-15-12-8-7-10-14(15)11-9-13-16(17)18(19)20-6-3/h7-8,10,12,16-18,20H,4-6,9,11,13H2,1-3H3. The van der Waals surface area contributed by atoms with Crippen molar-refractivity contribution in [2.24, 2.45) is 11.3 Å². The molecule has 1 heteroatoms. The second-order valence-corrected chi connectivity index (χ2v) is 6.71. The van der Waals surface area contributed by atoms with E-state index in [9.17, 15) is 0 Å². The van der Waals surface area contributed by atoms with Gasteiger partial charge in [0.25, 0.3) is 0 Å². The molecule has 3 rings (SSSR count). The summed E-state index contributed by atoms with van der Waals surface area (Å²) < 4.78 is 0. The van der Waals surface area contributed by atoms with Crippen molar-refractivity contribution in [1.82, 2.24) is 5.32 Å². The van der Waals surface area contributed by atoms with Crippen molar-refractivity contribution in [2.75, 3.05) is 6.54 Å². The molecular weight excluding hydrogens is 242 g/mol. The number of fused-ring (bicyclic) bond motifs is 3. The lowest BCUT2D eigenvalue weighted by Crippen LogP contribution is -2.64. The topological polar surface area (TPSA) is 12.0 Å². The third kappa shape index (κ3) is 1.86. The van der Waals surface area contributed by atoms with Crippen LogP contribution in [0.2, 0.25) is 0 Å². The van der Waals surface area contributed by atoms with Crippen LogP contribution < -0.4 is 5.32 Å². The van der Waals surface area contributed by atoms with E-state index in [1.165, 1.54) is 32.1 Å². The van der Waals surface area contributed by atoms with E-state index in [0.717, 1.165) is 24.4 Å². The summed E-state index contributed by atoms with van der Waals surface area (Å²) in [6, 6.07) is 9.99. The van der Waals surface area contributed by atoms with E-state index in [1.807, 2.05) is 0 Å². The van der Waals surface area contributed by atoms with Crippen LogP contribution in [0, 0.1) is 11.3 Å². The Balaban J connectivity index is 2.03. The summed E-state index contributed by atoms with van der Waals surface area (Å²) in [5, 5.41) is 3.83. The molecule has 3 unspecified atom stereocenters. The Morgan fingerprint density at radius 2 is 1.90 bits per heavy atom. The van der Waals surface area contributed by atoms with Crippen molar-refractivity contribution in [3.63, 3.8) is 0 Å². The van der Waals surface area contributed by atoms with Crippen LogP contribution in [0.5, 0.6) is 0 Å². The summed E-state index contributed by atoms with van der Waals surface area (Å²) in [7, 11) is 0. The van der Waals surface area contributed by atoms with E-state index in [1.54, 1.807) is 11.1 Å². The average Bonchev–Trinajstić information content (AvgIpc) is 2.65. The predicted molar refractivity (Wildman–Crippen MR) is 86.1 cm³/mol. The fourth-order valence-corrected chi connectivity index (χ4v) is 5.29. The molecule has 1 nitrogen and oxygen atoms in total. The molecule has 2 aliphatic carbocycles. The van der Waals surface area contributed by atoms with Gasteiger partial charge >= 0.3 is 0 Å². The SMILES string of the molecule is CCNC1C2CCCc3ccccc3C2C1(CC)CC. The molecule has 20 heavy (non-hydrogen) atoms. The zero-order valence-electron chi connectivity index (χ0n) is 13.3. The molecule has 110 valence electrons. The van der Waals surface area contributed by atoms with Crippen LogP contribution in [0.4, 0.5) is 0 Å². The zero-order valence-corrected chi connectivity index (χ0v) is 13.3. The number of benzene rings is 1. The molecule has 0 spiro atoms. The van der Waals surface area contributed by atoms with Gasteiger partial charge in [-0.3, -0.25) is 0 Å². The lowest BCUT2D eigenvalue weighted by molar-refractivity contribution is -0.0505. The van der Waals surface area contributed by atoms with Gasteiger partial charge in [0.2, 0.25) is 0 Å². The van der Waals surface area contributed by atoms with Gasteiger partial charge in [-0.05, 0) is 67.0 Å². The average molecular weight is 271 g/mol. The van der Waals surface area contributed by atoms with Crippen molar-refractivity contribution >= 4 is 0 Å². The Bertz CT molecular complexity index is 461. The summed E-state index contributed by atoms with van der Waals surface area (Å²) in [5.41, 5.74) is 3.79. The molecule has 0 radical (unpaired) electrons. The van der Waals surface area contributed by atoms with Crippen LogP contribution in [-0.4, -0.2) is 12.6 Å². The van der Waals surface area contributed by atoms with E-state index >= 15 is 0 Å². The normalized spacial score (nSPS) is 30.9. The maximum absolute atomic E-state index is 3.83. The van der Waals surface area contributed by atoms with Gasteiger partial charge in [-0.25, -0.2) is 0 Å². The van der Waals surface area contributed by atoms with Crippen LogP contribution in [0.3, 0.4) is 0 Å². The van der Waals surface area contributed by atoms with E-state index in [0.29, 0.717) is 5.41 Å². The van der Waals surface area contributed by atoms with Gasteiger partial charge in [-0.2, -0.15) is 0 Å². The lowest BCUT2D eigenvalue weighted by Gasteiger charge is -2.62. The Hall–Kier alpha value is -0.820. The molecule has 1 N–H and O–H groups in total. The Morgan fingerprint density at radius 3 is 2.60 bits per heavy atom. The largest absolute Gasteiger partial charge is 0.313 e. The minimum absolute atomic E-state index is 0.487. The number of hydrogen-bond acceptors (Lipinski definition) is 1. The van der Waals surface area contributed by atoms with E-state index in [4.69, 9.17) is 0 Å². The molecule has 0 heterocycles. The Labute approximate surface area is 124 Å². The Morgan fingerprint density at radius 1 is 1.15 bits per heavy atom. The molecule has 1 aromatic carbocycles. The van der Waals surface area contributed by atoms with Gasteiger partial charge < -0.3 is 5.32 Å². The highest BCUT2D eigenvalue weighted by Gasteiger charge is 2.59. The molecule has 0 amide bonds. The van der Waals surface area contributed by atoms with Gasteiger partial charge in [0, 0.05) is 6.04 Å². The number of nitrogens with one attached hydrogen (secondary N) is 1. The zero-order chi connectivity index (χ0) is 14.2. The van der Waals surface area contributed by atoms with Gasteiger partial charge in [0.05, 0.1) is 0 Å². The summed E-state index contributed by atoms with van der Waals surface area (Å²) in [6.07, 6.45) is 6.65. The molecule has 0 aliphatic heterocycles. The smallest absolute Gasteiger partial charge is 0.0163 e. The molecule has 0 saturated heterocycles. The fourth-order valence-electron chi connectivity index (χ4n) is 5.29. The van der Waals surface area contributed by atoms with Crippen molar-refractivity contribution in [1.29, 1.82) is 0 Å². The lowest BCUT2D eigenvalue weighted by atomic mass is 9.45. The molecule has 0 aromatic heterocycles. The number of hydrogen-bond donors (Lipinski definition) is 1. The summed E-state index contributed by atoms with van der Waals surface area (Å²) in [4.78, 5) is 0. The minimum atomic E-state index is 0.487. The molecule has 2 aliphatic rings. The van der Waals surface area contributed by atoms with Gasteiger partial charge in [0.15, 0.2) is 0 Å². The highest BCUT2D eigenvalue weighted by atomic mass is 15.0. The van der Waals surface area contributed by atoms with Crippen LogP contribution in [0.25, 0.3) is 0 Å². The first-order chi connectivity index (χ1) is 9.78. The third-order valence-electron chi connectivity index (χ3n) is 6.21. The van der Waals surface area contributed by atoms with Crippen molar-refractivity contribution < 1.29 is 0 Å². The van der Waals surface area contributed by atoms with Crippen LogP contribution >= 0.6 is 0 Å². The second kappa shape index (κ2) is 5.52. The first kappa shape index (κ1) is 14.1. The summed E-state index contributed by atoms with van der Waals surface area (Å²) in [5.74, 6) is 1.65. The molecule has 0 bridgehead atoms. The minimum Gasteiger partial charge on any atom is -0.313 e. The highest BCUT2D eigenvalue weighted by molar-refractivity contribution is 5.38. The van der Waals surface area contributed by atoms with Crippen LogP contribution in [-0.2, 0) is 6.42 Å². The molecular formula is C19H29N. The van der Waals surface area contributed by atoms with Crippen LogP contribution in [0.15, 0.2) is 24.3 Å². The first-order valence-corrected chi connectivity index (χ1v) is 8.59. The monoisotopic (exact) mass is 271 g/mol. The van der Waals surface area contributed by atoms with Crippen molar-refractivity contribution in [3.8, 4) is 0 Å². The maximum atomic E-state index is 3.83. The fraction of sp³-hybridized carbons (Fsp3) is 0.684. The quantitative estimate of drug-likeness (QED) is 0.849. The highest BCUT2D eigenvalue weighted by Crippen LogP contribution is 2.63. The number of rotatable bonds is 4. The summed E-state index contributed by atoms with van der Waals surface area (Å²) in [6.45, 7) is 8.17. The van der Waals surface area contributed by atoms with Crippen LogP contribution in [0.1, 0.15) is 63.5 Å². The van der Waals surface area contributed by atoms with E-state index in [-0.39, 0.29) is 0 Å². The molecule has 1 fully saturated rings.